The summed E-state index contributed by atoms with van der Waals surface area (Å²) >= 11 is 0. The van der Waals surface area contributed by atoms with E-state index in [1.165, 1.54) is 18.2 Å². The van der Waals surface area contributed by atoms with Crippen molar-refractivity contribution >= 4 is 11.9 Å². The number of carboxylic acid groups (broad SMARTS) is 1. The van der Waals surface area contributed by atoms with Crippen LogP contribution in [0.2, 0.25) is 0 Å². The van der Waals surface area contributed by atoms with Gasteiger partial charge in [-0.15, -0.1) is 0 Å². The molecule has 0 bridgehead atoms. The molecule has 0 spiro atoms. The van der Waals surface area contributed by atoms with E-state index in [4.69, 9.17) is 0 Å². The maximum Gasteiger partial charge on any atom is 0.335 e. The zero-order chi connectivity index (χ0) is 25.4. The van der Waals surface area contributed by atoms with Crippen molar-refractivity contribution in [1.29, 1.82) is 0 Å². The molecule has 1 aliphatic rings. The molecule has 7 nitrogen and oxygen atoms in total. The lowest BCUT2D eigenvalue weighted by atomic mass is 9.85. The van der Waals surface area contributed by atoms with Crippen LogP contribution in [0.25, 0.3) is 0 Å². The summed E-state index contributed by atoms with van der Waals surface area (Å²) < 4.78 is 30.5. The maximum absolute atomic E-state index is 13.3. The number of aliphatic carboxylic acids is 1. The highest BCUT2D eigenvalue weighted by Crippen LogP contribution is 2.43. The summed E-state index contributed by atoms with van der Waals surface area (Å²) in [7, 11) is 0. The Bertz CT molecular complexity index is 951. The van der Waals surface area contributed by atoms with Gasteiger partial charge in [-0.2, -0.15) is 0 Å². The summed E-state index contributed by atoms with van der Waals surface area (Å²) in [5, 5.41) is 30.4. The van der Waals surface area contributed by atoms with E-state index < -0.39 is 36.9 Å². The van der Waals surface area contributed by atoms with E-state index in [1.807, 2.05) is 6.92 Å². The maximum atomic E-state index is 13.3. The molecule has 0 aliphatic carbocycles. The number of rotatable bonds is 10. The van der Waals surface area contributed by atoms with Gasteiger partial charge in [-0.3, -0.25) is 9.18 Å². The number of carboxylic acids is 1. The van der Waals surface area contributed by atoms with E-state index >= 15 is 0 Å². The Labute approximate surface area is 197 Å². The fourth-order valence-electron chi connectivity index (χ4n) is 4.22. The lowest BCUT2D eigenvalue weighted by molar-refractivity contribution is -0.134. The molecule has 34 heavy (non-hydrogen) atoms. The Morgan fingerprint density at radius 2 is 1.88 bits per heavy atom. The number of amides is 1. The standard InChI is InChI=1S/C25H31F2NO6/c1-4-18(25(32)33)6-5-16(3)20(24-21(29)8-19(34-14-27)9-22(24)30)10-23(31)28-12-15(2)7-17(11-26)13-28/h4-6,8-9,15,17,20,29-30H,3,7,10-14H2,1-2H3,(H,32,33)/b6-5-,18-4+. The van der Waals surface area contributed by atoms with Gasteiger partial charge in [0.15, 0.2) is 0 Å². The number of allylic oxidation sites excluding steroid dienone is 3. The van der Waals surface area contributed by atoms with Gasteiger partial charge in [0.25, 0.3) is 0 Å². The zero-order valence-corrected chi connectivity index (χ0v) is 19.3. The van der Waals surface area contributed by atoms with Crippen molar-refractivity contribution in [3.05, 3.63) is 53.6 Å². The summed E-state index contributed by atoms with van der Waals surface area (Å²) in [6.45, 7) is 6.43. The van der Waals surface area contributed by atoms with Crippen molar-refractivity contribution in [3.63, 3.8) is 0 Å². The summed E-state index contributed by atoms with van der Waals surface area (Å²) in [5.41, 5.74) is 0.214. The van der Waals surface area contributed by atoms with Gasteiger partial charge < -0.3 is 25.0 Å². The normalized spacial score (nSPS) is 19.8. The van der Waals surface area contributed by atoms with Crippen molar-refractivity contribution in [3.8, 4) is 17.2 Å². The third-order valence-electron chi connectivity index (χ3n) is 5.86. The van der Waals surface area contributed by atoms with Crippen LogP contribution in [-0.2, 0) is 9.59 Å². The number of carbonyl (C=O) groups is 2. The van der Waals surface area contributed by atoms with Crippen molar-refractivity contribution in [2.45, 2.75) is 32.6 Å². The second-order valence-corrected chi connectivity index (χ2v) is 8.50. The molecule has 1 amide bonds. The number of phenols is 2. The molecule has 1 aromatic rings. The number of piperidine rings is 1. The predicted molar refractivity (Wildman–Crippen MR) is 123 cm³/mol. The minimum absolute atomic E-state index is 0.0120. The molecule has 1 saturated heterocycles. The van der Waals surface area contributed by atoms with Gasteiger partial charge in [0.1, 0.15) is 17.2 Å². The van der Waals surface area contributed by atoms with E-state index in [-0.39, 0.29) is 53.2 Å². The molecule has 1 fully saturated rings. The van der Waals surface area contributed by atoms with Gasteiger partial charge in [0.2, 0.25) is 12.8 Å². The number of carbonyl (C=O) groups excluding carboxylic acids is 1. The zero-order valence-electron chi connectivity index (χ0n) is 19.3. The molecule has 3 N–H and O–H groups in total. The average Bonchev–Trinajstić information content (AvgIpc) is 2.77. The van der Waals surface area contributed by atoms with Gasteiger partial charge in [-0.1, -0.05) is 25.7 Å². The molecule has 1 aromatic carbocycles. The molecule has 1 aliphatic heterocycles. The molecule has 1 heterocycles. The van der Waals surface area contributed by atoms with Crippen LogP contribution in [0.15, 0.2) is 48.1 Å². The number of halogens is 2. The quantitative estimate of drug-likeness (QED) is 0.338. The van der Waals surface area contributed by atoms with E-state index in [0.717, 1.165) is 12.1 Å². The lowest BCUT2D eigenvalue weighted by Gasteiger charge is -2.36. The first kappa shape index (κ1) is 26.9. The third-order valence-corrected chi connectivity index (χ3v) is 5.86. The van der Waals surface area contributed by atoms with Crippen molar-refractivity contribution in [2.75, 3.05) is 26.6 Å². The first-order valence-electron chi connectivity index (χ1n) is 11.0. The first-order chi connectivity index (χ1) is 16.1. The summed E-state index contributed by atoms with van der Waals surface area (Å²) in [6.07, 6.45) is 4.56. The molecule has 3 unspecified atom stereocenters. The summed E-state index contributed by atoms with van der Waals surface area (Å²) in [4.78, 5) is 26.0. The van der Waals surface area contributed by atoms with Crippen LogP contribution in [0, 0.1) is 11.8 Å². The molecule has 3 atom stereocenters. The largest absolute Gasteiger partial charge is 0.507 e. The Kier molecular flexibility index (Phi) is 9.65. The highest BCUT2D eigenvalue weighted by molar-refractivity contribution is 5.89. The summed E-state index contributed by atoms with van der Waals surface area (Å²) in [5.74, 6) is -3.54. The minimum Gasteiger partial charge on any atom is -0.507 e. The van der Waals surface area contributed by atoms with Crippen LogP contribution >= 0.6 is 0 Å². The third kappa shape index (κ3) is 6.82. The Morgan fingerprint density at radius 1 is 1.24 bits per heavy atom. The van der Waals surface area contributed by atoms with Crippen LogP contribution in [0.5, 0.6) is 17.2 Å². The molecule has 0 aromatic heterocycles. The number of likely N-dealkylation sites (tertiary alicyclic amines) is 1. The summed E-state index contributed by atoms with van der Waals surface area (Å²) in [6, 6.07) is 2.22. The van der Waals surface area contributed by atoms with E-state index in [2.05, 4.69) is 11.3 Å². The van der Waals surface area contributed by atoms with E-state index in [9.17, 15) is 33.7 Å². The topological polar surface area (TPSA) is 107 Å². The Hall–Kier alpha value is -3.36. The molecular formula is C25H31F2NO6. The number of ether oxygens (including phenoxy) is 1. The molecular weight excluding hydrogens is 448 g/mol. The molecule has 0 radical (unpaired) electrons. The molecule has 2 rings (SSSR count). The Balaban J connectivity index is 2.42. The number of aromatic hydroxyl groups is 2. The van der Waals surface area contributed by atoms with Crippen molar-refractivity contribution in [2.24, 2.45) is 11.8 Å². The average molecular weight is 480 g/mol. The fraction of sp³-hybridized carbons (Fsp3) is 0.440. The lowest BCUT2D eigenvalue weighted by Crippen LogP contribution is -2.44. The highest BCUT2D eigenvalue weighted by Gasteiger charge is 2.31. The number of alkyl halides is 2. The highest BCUT2D eigenvalue weighted by atomic mass is 19.1. The second-order valence-electron chi connectivity index (χ2n) is 8.50. The predicted octanol–water partition coefficient (Wildman–Crippen LogP) is 4.47. The van der Waals surface area contributed by atoms with Crippen LogP contribution in [-0.4, -0.2) is 58.7 Å². The molecule has 9 heteroatoms. The number of phenolic OH excluding ortho intramolecular Hbond substituents is 2. The monoisotopic (exact) mass is 479 g/mol. The fourth-order valence-corrected chi connectivity index (χ4v) is 4.22. The van der Waals surface area contributed by atoms with E-state index in [1.54, 1.807) is 11.8 Å². The van der Waals surface area contributed by atoms with Crippen LogP contribution in [0.1, 0.15) is 38.2 Å². The van der Waals surface area contributed by atoms with Gasteiger partial charge >= 0.3 is 5.97 Å². The number of benzene rings is 1. The first-order valence-corrected chi connectivity index (χ1v) is 11.0. The van der Waals surface area contributed by atoms with Crippen molar-refractivity contribution < 1.29 is 38.4 Å². The Morgan fingerprint density at radius 3 is 2.41 bits per heavy atom. The number of hydrogen-bond donors (Lipinski definition) is 3. The van der Waals surface area contributed by atoms with Gasteiger partial charge in [-0.05, 0) is 30.9 Å². The minimum atomic E-state index is -1.17. The van der Waals surface area contributed by atoms with Gasteiger partial charge in [0.05, 0.1) is 12.2 Å². The SMILES string of the molecule is C=C(/C=C\C(=C/C)C(=O)O)C(CC(=O)N1CC(C)CC(CF)C1)c1c(O)cc(OCF)cc1O. The number of hydrogen-bond acceptors (Lipinski definition) is 5. The van der Waals surface area contributed by atoms with E-state index in [0.29, 0.717) is 13.0 Å². The molecule has 0 saturated carbocycles. The number of nitrogens with zero attached hydrogens (tertiary/aromatic N) is 1. The van der Waals surface area contributed by atoms with Crippen LogP contribution in [0.4, 0.5) is 8.78 Å². The van der Waals surface area contributed by atoms with Gasteiger partial charge in [0, 0.05) is 49.0 Å². The van der Waals surface area contributed by atoms with Crippen molar-refractivity contribution in [1.82, 2.24) is 4.90 Å². The smallest absolute Gasteiger partial charge is 0.335 e. The molecule has 186 valence electrons. The second kappa shape index (κ2) is 12.2. The van der Waals surface area contributed by atoms with Gasteiger partial charge in [-0.25, -0.2) is 9.18 Å². The van der Waals surface area contributed by atoms with Crippen LogP contribution < -0.4 is 4.74 Å². The van der Waals surface area contributed by atoms with Crippen LogP contribution in [0.3, 0.4) is 0 Å².